The normalized spacial score (nSPS) is 32.2. The molecule has 1 saturated heterocycles. The monoisotopic (exact) mass is 171 g/mol. The van der Waals surface area contributed by atoms with Crippen molar-refractivity contribution in [1.82, 2.24) is 5.32 Å². The van der Waals surface area contributed by atoms with Crippen molar-refractivity contribution < 1.29 is 0 Å². The predicted octanol–water partition coefficient (Wildman–Crippen LogP) is 2.02. The van der Waals surface area contributed by atoms with Crippen molar-refractivity contribution in [3.05, 3.63) is 0 Å². The van der Waals surface area contributed by atoms with Crippen LogP contribution < -0.4 is 5.32 Å². The Bertz CT molecular complexity index is 117. The average molecular weight is 171 g/mol. The predicted molar refractivity (Wildman–Crippen MR) is 51.1 cm³/mol. The lowest BCUT2D eigenvalue weighted by Crippen LogP contribution is -2.44. The lowest BCUT2D eigenvalue weighted by molar-refractivity contribution is 0.405. The van der Waals surface area contributed by atoms with Crippen LogP contribution in [0.3, 0.4) is 0 Å². The molecule has 0 aromatic carbocycles. The van der Waals surface area contributed by atoms with Crippen LogP contribution in [0.4, 0.5) is 0 Å². The molecule has 0 amide bonds. The number of hydrogen-bond donors (Lipinski definition) is 1. The lowest BCUT2D eigenvalue weighted by Gasteiger charge is -2.28. The van der Waals surface area contributed by atoms with Gasteiger partial charge in [0, 0.05) is 17.0 Å². The van der Waals surface area contributed by atoms with Crippen molar-refractivity contribution in [2.24, 2.45) is 0 Å². The van der Waals surface area contributed by atoms with E-state index in [0.717, 1.165) is 11.3 Å². The van der Waals surface area contributed by atoms with Gasteiger partial charge in [-0.25, -0.2) is 0 Å². The third-order valence-electron chi connectivity index (χ3n) is 2.76. The van der Waals surface area contributed by atoms with E-state index < -0.39 is 0 Å². The van der Waals surface area contributed by atoms with E-state index in [1.54, 1.807) is 0 Å². The molecule has 0 aromatic heterocycles. The highest BCUT2D eigenvalue weighted by Gasteiger charge is 2.20. The summed E-state index contributed by atoms with van der Waals surface area (Å²) in [4.78, 5) is 0. The third-order valence-corrected chi connectivity index (χ3v) is 4.30. The van der Waals surface area contributed by atoms with Crippen LogP contribution >= 0.6 is 11.8 Å². The summed E-state index contributed by atoms with van der Waals surface area (Å²) >= 11 is 2.21. The van der Waals surface area contributed by atoms with E-state index in [4.69, 9.17) is 0 Å². The second-order valence-electron chi connectivity index (χ2n) is 3.68. The molecule has 2 aliphatic rings. The van der Waals surface area contributed by atoms with E-state index in [0.29, 0.717) is 0 Å². The Morgan fingerprint density at radius 2 is 1.91 bits per heavy atom. The summed E-state index contributed by atoms with van der Waals surface area (Å²) in [6.45, 7) is 1.26. The molecule has 1 aliphatic carbocycles. The Morgan fingerprint density at radius 3 is 2.45 bits per heavy atom. The number of hydrogen-bond acceptors (Lipinski definition) is 2. The van der Waals surface area contributed by atoms with Gasteiger partial charge in [-0.15, -0.1) is 0 Å². The minimum atomic E-state index is 0.862. The molecule has 1 atom stereocenters. The highest BCUT2D eigenvalue weighted by Crippen LogP contribution is 2.30. The fraction of sp³-hybridized carbons (Fsp3) is 1.00. The van der Waals surface area contributed by atoms with Gasteiger partial charge in [0.1, 0.15) is 0 Å². The molecule has 1 aliphatic heterocycles. The molecule has 1 saturated carbocycles. The molecule has 2 rings (SSSR count). The number of rotatable bonds is 3. The first-order chi connectivity index (χ1) is 5.45. The van der Waals surface area contributed by atoms with Gasteiger partial charge < -0.3 is 5.32 Å². The zero-order chi connectivity index (χ0) is 7.52. The maximum absolute atomic E-state index is 3.45. The largest absolute Gasteiger partial charge is 0.313 e. The van der Waals surface area contributed by atoms with Crippen LogP contribution in [-0.2, 0) is 0 Å². The van der Waals surface area contributed by atoms with Gasteiger partial charge in [-0.2, -0.15) is 11.8 Å². The fourth-order valence-electron chi connectivity index (χ4n) is 1.80. The SMILES string of the molecule is C1CCC(SCC2CCN2)C1. The van der Waals surface area contributed by atoms with Gasteiger partial charge in [-0.05, 0) is 25.8 Å². The maximum atomic E-state index is 3.45. The molecule has 0 radical (unpaired) electrons. The summed E-state index contributed by atoms with van der Waals surface area (Å²) in [7, 11) is 0. The van der Waals surface area contributed by atoms with E-state index in [2.05, 4.69) is 17.1 Å². The first kappa shape index (κ1) is 7.93. The summed E-state index contributed by atoms with van der Waals surface area (Å²) in [5.74, 6) is 1.37. The van der Waals surface area contributed by atoms with E-state index in [-0.39, 0.29) is 0 Å². The molecular formula is C9H17NS. The summed E-state index contributed by atoms with van der Waals surface area (Å²) in [6.07, 6.45) is 7.35. The number of thioether (sulfide) groups is 1. The molecule has 1 heterocycles. The van der Waals surface area contributed by atoms with Gasteiger partial charge in [0.15, 0.2) is 0 Å². The molecule has 0 aromatic rings. The molecule has 2 heteroatoms. The molecule has 1 unspecified atom stereocenters. The summed E-state index contributed by atoms with van der Waals surface area (Å²) < 4.78 is 0. The Balaban J connectivity index is 1.57. The van der Waals surface area contributed by atoms with Gasteiger partial charge >= 0.3 is 0 Å². The molecule has 0 bridgehead atoms. The number of nitrogens with one attached hydrogen (secondary N) is 1. The quantitative estimate of drug-likeness (QED) is 0.697. The van der Waals surface area contributed by atoms with Crippen LogP contribution in [0.1, 0.15) is 32.1 Å². The Hall–Kier alpha value is 0.310. The minimum Gasteiger partial charge on any atom is -0.313 e. The van der Waals surface area contributed by atoms with Crippen LogP contribution in [0.2, 0.25) is 0 Å². The first-order valence-electron chi connectivity index (χ1n) is 4.80. The second-order valence-corrected chi connectivity index (χ2v) is 5.01. The van der Waals surface area contributed by atoms with E-state index in [1.807, 2.05) is 0 Å². The summed E-state index contributed by atoms with van der Waals surface area (Å²) in [6, 6.07) is 0.862. The standard InChI is InChI=1S/C9H17NS/c1-2-4-9(3-1)11-7-8-5-6-10-8/h8-10H,1-7H2. The Kier molecular flexibility index (Phi) is 2.75. The Labute approximate surface area is 73.3 Å². The zero-order valence-electron chi connectivity index (χ0n) is 7.01. The van der Waals surface area contributed by atoms with Gasteiger partial charge in [-0.1, -0.05) is 12.8 Å². The van der Waals surface area contributed by atoms with Crippen molar-refractivity contribution >= 4 is 11.8 Å². The highest BCUT2D eigenvalue weighted by atomic mass is 32.2. The molecule has 1 N–H and O–H groups in total. The van der Waals surface area contributed by atoms with Crippen LogP contribution in [0, 0.1) is 0 Å². The minimum absolute atomic E-state index is 0.862. The van der Waals surface area contributed by atoms with E-state index in [9.17, 15) is 0 Å². The molecule has 64 valence electrons. The van der Waals surface area contributed by atoms with Crippen LogP contribution in [0.15, 0.2) is 0 Å². The molecule has 1 nitrogen and oxygen atoms in total. The van der Waals surface area contributed by atoms with Crippen molar-refractivity contribution in [1.29, 1.82) is 0 Å². The molecular weight excluding hydrogens is 154 g/mol. The highest BCUT2D eigenvalue weighted by molar-refractivity contribution is 7.99. The van der Waals surface area contributed by atoms with Crippen molar-refractivity contribution in [3.8, 4) is 0 Å². The third kappa shape index (κ3) is 2.12. The van der Waals surface area contributed by atoms with Crippen molar-refractivity contribution in [2.75, 3.05) is 12.3 Å². The maximum Gasteiger partial charge on any atom is 0.0170 e. The first-order valence-corrected chi connectivity index (χ1v) is 5.85. The van der Waals surface area contributed by atoms with Crippen LogP contribution in [0.25, 0.3) is 0 Å². The van der Waals surface area contributed by atoms with Crippen molar-refractivity contribution in [2.45, 2.75) is 43.4 Å². The average Bonchev–Trinajstić information content (AvgIpc) is 2.36. The van der Waals surface area contributed by atoms with Gasteiger partial charge in [0.25, 0.3) is 0 Å². The van der Waals surface area contributed by atoms with Gasteiger partial charge in [0.05, 0.1) is 0 Å². The van der Waals surface area contributed by atoms with Gasteiger partial charge in [-0.3, -0.25) is 0 Å². The Morgan fingerprint density at radius 1 is 1.18 bits per heavy atom. The topological polar surface area (TPSA) is 12.0 Å². The second kappa shape index (κ2) is 3.81. The van der Waals surface area contributed by atoms with E-state index in [1.165, 1.54) is 44.4 Å². The van der Waals surface area contributed by atoms with Crippen LogP contribution in [-0.4, -0.2) is 23.6 Å². The molecule has 0 spiro atoms. The summed E-state index contributed by atoms with van der Waals surface area (Å²) in [5.41, 5.74) is 0. The lowest BCUT2D eigenvalue weighted by atomic mass is 10.1. The van der Waals surface area contributed by atoms with Crippen molar-refractivity contribution in [3.63, 3.8) is 0 Å². The smallest absolute Gasteiger partial charge is 0.0170 e. The van der Waals surface area contributed by atoms with Crippen LogP contribution in [0.5, 0.6) is 0 Å². The van der Waals surface area contributed by atoms with E-state index >= 15 is 0 Å². The summed E-state index contributed by atoms with van der Waals surface area (Å²) in [5, 5.41) is 4.46. The van der Waals surface area contributed by atoms with Gasteiger partial charge in [0.2, 0.25) is 0 Å². The molecule has 2 fully saturated rings. The molecule has 11 heavy (non-hydrogen) atoms. The zero-order valence-corrected chi connectivity index (χ0v) is 7.83. The fourth-order valence-corrected chi connectivity index (χ4v) is 3.25.